The van der Waals surface area contributed by atoms with E-state index in [-0.39, 0.29) is 33.2 Å². The summed E-state index contributed by atoms with van der Waals surface area (Å²) in [5.74, 6) is -0.240. The van der Waals surface area contributed by atoms with Crippen molar-refractivity contribution >= 4 is 62.3 Å². The maximum absolute atomic E-state index is 13.1. The Morgan fingerprint density at radius 1 is 1.39 bits per heavy atom. The fourth-order valence-electron chi connectivity index (χ4n) is 2.75. The Hall–Kier alpha value is -1.95. The molecule has 0 fully saturated rings. The van der Waals surface area contributed by atoms with E-state index in [1.54, 1.807) is 19.1 Å². The van der Waals surface area contributed by atoms with Gasteiger partial charge in [-0.1, -0.05) is 34.5 Å². The number of imidazole rings is 1. The second-order valence-electron chi connectivity index (χ2n) is 6.55. The van der Waals surface area contributed by atoms with Crippen LogP contribution in [0.15, 0.2) is 24.3 Å². The van der Waals surface area contributed by atoms with Gasteiger partial charge in [0.1, 0.15) is 5.69 Å². The van der Waals surface area contributed by atoms with Crippen LogP contribution < -0.4 is 5.32 Å². The number of carbonyl (C=O) groups excluding carboxylic acids is 1. The van der Waals surface area contributed by atoms with Crippen molar-refractivity contribution in [2.24, 2.45) is 0 Å². The average molecular weight is 511 g/mol. The molecular weight excluding hydrogens is 496 g/mol. The van der Waals surface area contributed by atoms with Crippen LogP contribution in [-0.2, 0) is 21.8 Å². The number of carbonyl (C=O) groups is 1. The molecule has 0 aliphatic carbocycles. The smallest absolute Gasteiger partial charge is 0.349 e. The zero-order valence-corrected chi connectivity index (χ0v) is 19.2. The van der Waals surface area contributed by atoms with E-state index < -0.39 is 27.9 Å². The minimum atomic E-state index is -4.63. The van der Waals surface area contributed by atoms with Crippen LogP contribution >= 0.6 is 34.5 Å². The van der Waals surface area contributed by atoms with Gasteiger partial charge in [-0.2, -0.15) is 13.2 Å². The van der Waals surface area contributed by atoms with Gasteiger partial charge in [-0.25, -0.2) is 9.50 Å². The van der Waals surface area contributed by atoms with Crippen LogP contribution in [0.4, 0.5) is 13.2 Å². The fraction of sp³-hybridized carbons (Fsp3) is 0.278. The summed E-state index contributed by atoms with van der Waals surface area (Å²) in [6.45, 7) is 1.69. The molecule has 0 saturated heterocycles. The zero-order chi connectivity index (χ0) is 22.9. The van der Waals surface area contributed by atoms with Gasteiger partial charge in [-0.15, -0.1) is 5.10 Å². The summed E-state index contributed by atoms with van der Waals surface area (Å²) >= 11 is 12.6. The molecule has 0 spiro atoms. The Kier molecular flexibility index (Phi) is 7.09. The van der Waals surface area contributed by atoms with Gasteiger partial charge in [-0.3, -0.25) is 9.00 Å². The average Bonchev–Trinajstić information content (AvgIpc) is 3.17. The van der Waals surface area contributed by atoms with E-state index in [9.17, 15) is 22.2 Å². The van der Waals surface area contributed by atoms with E-state index in [1.165, 1.54) is 18.4 Å². The minimum absolute atomic E-state index is 0.0110. The third-order valence-corrected chi connectivity index (χ3v) is 6.40. The molecule has 2 aromatic heterocycles. The van der Waals surface area contributed by atoms with Crippen molar-refractivity contribution in [2.45, 2.75) is 19.1 Å². The summed E-state index contributed by atoms with van der Waals surface area (Å²) in [4.78, 5) is 16.5. The molecule has 0 saturated carbocycles. The number of halogens is 5. The van der Waals surface area contributed by atoms with Crippen molar-refractivity contribution in [3.8, 4) is 11.3 Å². The van der Waals surface area contributed by atoms with Gasteiger partial charge in [0.05, 0.1) is 10.7 Å². The normalized spacial score (nSPS) is 14.3. The van der Waals surface area contributed by atoms with Gasteiger partial charge >= 0.3 is 6.18 Å². The molecule has 13 heteroatoms. The maximum atomic E-state index is 13.1. The van der Waals surface area contributed by atoms with Crippen molar-refractivity contribution in [2.75, 3.05) is 12.0 Å². The van der Waals surface area contributed by atoms with Crippen molar-refractivity contribution in [3.63, 3.8) is 0 Å². The highest BCUT2D eigenvalue weighted by Gasteiger charge is 2.36. The van der Waals surface area contributed by atoms with Crippen LogP contribution in [-0.4, -0.2) is 42.8 Å². The number of nitrogens with zero attached hydrogens (tertiary/aromatic N) is 3. The Balaban J connectivity index is 2.04. The first-order valence-electron chi connectivity index (χ1n) is 8.66. The van der Waals surface area contributed by atoms with E-state index in [0.717, 1.165) is 10.6 Å². The van der Waals surface area contributed by atoms with Gasteiger partial charge in [-0.05, 0) is 31.2 Å². The summed E-state index contributed by atoms with van der Waals surface area (Å²) in [5, 5.41) is 5.81. The quantitative estimate of drug-likeness (QED) is 0.488. The summed E-state index contributed by atoms with van der Waals surface area (Å²) in [5.41, 5.74) is 0.820. The molecule has 6 nitrogen and oxygen atoms in total. The first-order valence-corrected chi connectivity index (χ1v) is 12.0. The Morgan fingerprint density at radius 2 is 2.10 bits per heavy atom. The molecule has 1 unspecified atom stereocenters. The number of alkyl halides is 3. The van der Waals surface area contributed by atoms with E-state index >= 15 is 0 Å². The van der Waals surface area contributed by atoms with Crippen molar-refractivity contribution in [1.29, 1.82) is 0 Å². The number of benzene rings is 1. The highest BCUT2D eigenvalue weighted by Crippen LogP contribution is 2.37. The maximum Gasteiger partial charge on any atom is 0.445 e. The van der Waals surface area contributed by atoms with Crippen LogP contribution in [0.25, 0.3) is 22.3 Å². The number of hydrogen-bond acceptors (Lipinski definition) is 5. The van der Waals surface area contributed by atoms with Gasteiger partial charge in [0.2, 0.25) is 15.9 Å². The molecule has 1 amide bonds. The van der Waals surface area contributed by atoms with Crippen LogP contribution in [0, 0.1) is 0 Å². The van der Waals surface area contributed by atoms with Crippen molar-refractivity contribution < 1.29 is 22.2 Å². The lowest BCUT2D eigenvalue weighted by Gasteiger charge is -2.10. The predicted molar refractivity (Wildman–Crippen MR) is 117 cm³/mol. The predicted octanol–water partition coefficient (Wildman–Crippen LogP) is 4.68. The van der Waals surface area contributed by atoms with Gasteiger partial charge in [0.25, 0.3) is 0 Å². The second kappa shape index (κ2) is 9.27. The number of rotatable bonds is 6. The number of amides is 1. The first kappa shape index (κ1) is 23.7. The summed E-state index contributed by atoms with van der Waals surface area (Å²) in [6.07, 6.45) is -0.652. The first-order chi connectivity index (χ1) is 14.5. The van der Waals surface area contributed by atoms with Gasteiger partial charge in [0.15, 0.2) is 0 Å². The Morgan fingerprint density at radius 3 is 2.71 bits per heavy atom. The second-order valence-corrected chi connectivity index (χ2v) is 9.83. The van der Waals surface area contributed by atoms with E-state index in [2.05, 4.69) is 15.4 Å². The lowest BCUT2D eigenvalue weighted by molar-refractivity contribution is -0.138. The molecule has 3 aromatic rings. The number of hydrogen-bond donors (Lipinski definition) is 1. The highest BCUT2D eigenvalue weighted by atomic mass is 35.5. The van der Waals surface area contributed by atoms with Crippen molar-refractivity contribution in [3.05, 3.63) is 45.0 Å². The van der Waals surface area contributed by atoms with Crippen LogP contribution in [0.5, 0.6) is 0 Å². The summed E-state index contributed by atoms with van der Waals surface area (Å²) in [7, 11) is -1.10. The molecule has 2 heterocycles. The van der Waals surface area contributed by atoms with Crippen LogP contribution in [0.2, 0.25) is 10.0 Å². The van der Waals surface area contributed by atoms with Crippen LogP contribution in [0.3, 0.4) is 0 Å². The Labute approximate surface area is 191 Å². The lowest BCUT2D eigenvalue weighted by atomic mass is 10.1. The molecular formula is C18H15Cl2F3N4O2S2. The number of nitrogens with one attached hydrogen (secondary N) is 1. The summed E-state index contributed by atoms with van der Waals surface area (Å²) in [6, 6.07) is 4.28. The zero-order valence-electron chi connectivity index (χ0n) is 16.0. The lowest BCUT2D eigenvalue weighted by Crippen LogP contribution is -2.35. The molecule has 3 rings (SSSR count). The third kappa shape index (κ3) is 5.65. The van der Waals surface area contributed by atoms with Gasteiger partial charge in [0, 0.05) is 45.5 Å². The number of fused-ring (bicyclic) bond motifs is 1. The summed E-state index contributed by atoms with van der Waals surface area (Å²) < 4.78 is 51.6. The molecule has 0 radical (unpaired) electrons. The molecule has 1 N–H and O–H groups in total. The topological polar surface area (TPSA) is 76.4 Å². The molecule has 166 valence electrons. The molecule has 0 bridgehead atoms. The SMILES string of the molecule is C[C@@H](CS(C)=O)NC(=O)C=Cc1c(-c2ccc(Cl)cc2Cl)nc2sc(C(F)(F)F)nn12. The standard InChI is InChI=1S/C18H15Cl2F3N4O2S2/c1-9(8-31(2)29)24-14(28)6-5-13-15(11-4-3-10(19)7-12(11)20)25-17-27(13)26-16(30-17)18(21,22)23/h3-7,9H,8H2,1-2H3,(H,24,28)/t9-,31?/m0/s1. The molecule has 31 heavy (non-hydrogen) atoms. The minimum Gasteiger partial charge on any atom is -0.349 e. The third-order valence-electron chi connectivity index (χ3n) is 3.93. The molecule has 2 atom stereocenters. The van der Waals surface area contributed by atoms with E-state index in [1.807, 2.05) is 0 Å². The fourth-order valence-corrected chi connectivity index (χ4v) is 4.81. The number of aromatic nitrogens is 3. The van der Waals surface area contributed by atoms with E-state index in [0.29, 0.717) is 21.9 Å². The molecule has 0 aliphatic heterocycles. The van der Waals surface area contributed by atoms with Crippen LogP contribution in [0.1, 0.15) is 17.6 Å². The Bertz CT molecular complexity index is 1190. The van der Waals surface area contributed by atoms with E-state index in [4.69, 9.17) is 23.2 Å². The molecule has 1 aromatic carbocycles. The van der Waals surface area contributed by atoms with Gasteiger partial charge < -0.3 is 5.32 Å². The van der Waals surface area contributed by atoms with Crippen molar-refractivity contribution in [1.82, 2.24) is 19.9 Å². The monoisotopic (exact) mass is 510 g/mol. The molecule has 0 aliphatic rings. The highest BCUT2D eigenvalue weighted by molar-refractivity contribution is 7.84. The largest absolute Gasteiger partial charge is 0.445 e.